The number of hydrogen-bond acceptors (Lipinski definition) is 4. The van der Waals surface area contributed by atoms with Crippen molar-refractivity contribution in [3.63, 3.8) is 0 Å². The summed E-state index contributed by atoms with van der Waals surface area (Å²) in [5.41, 5.74) is 1.32. The maximum absolute atomic E-state index is 10.5. The van der Waals surface area contributed by atoms with Crippen LogP contribution in [0.4, 0.5) is 5.69 Å². The molecule has 2 aromatic heterocycles. The van der Waals surface area contributed by atoms with Gasteiger partial charge in [0.15, 0.2) is 0 Å². The molecule has 0 amide bonds. The van der Waals surface area contributed by atoms with Gasteiger partial charge in [-0.15, -0.1) is 0 Å². The van der Waals surface area contributed by atoms with Crippen molar-refractivity contribution in [3.05, 3.63) is 51.1 Å². The number of hydrogen-bond donors (Lipinski definition) is 0. The van der Waals surface area contributed by atoms with Crippen LogP contribution < -0.4 is 0 Å². The Balaban J connectivity index is 2.21. The fraction of sp³-hybridized carbons (Fsp3) is 0.0909. The van der Waals surface area contributed by atoms with Crippen molar-refractivity contribution in [1.82, 2.24) is 14.8 Å². The molecular weight excluding hydrogens is 256 g/mol. The van der Waals surface area contributed by atoms with Crippen LogP contribution in [0.1, 0.15) is 11.4 Å². The molecule has 92 valence electrons. The number of nitro groups is 1. The summed E-state index contributed by atoms with van der Waals surface area (Å²) in [7, 11) is 1.77. The van der Waals surface area contributed by atoms with Crippen LogP contribution in [-0.2, 0) is 7.05 Å². The van der Waals surface area contributed by atoms with E-state index in [2.05, 4.69) is 10.1 Å². The lowest BCUT2D eigenvalue weighted by molar-refractivity contribution is -0.385. The van der Waals surface area contributed by atoms with Crippen LogP contribution in [0, 0.1) is 10.1 Å². The highest BCUT2D eigenvalue weighted by Gasteiger charge is 2.05. The van der Waals surface area contributed by atoms with E-state index in [1.165, 1.54) is 12.3 Å². The molecule has 2 aromatic rings. The van der Waals surface area contributed by atoms with Gasteiger partial charge in [0.05, 0.1) is 27.5 Å². The molecular formula is C11H9ClN4O2. The minimum atomic E-state index is -0.488. The van der Waals surface area contributed by atoms with Gasteiger partial charge in [0.25, 0.3) is 5.69 Å². The fourth-order valence-corrected chi connectivity index (χ4v) is 1.61. The zero-order valence-corrected chi connectivity index (χ0v) is 10.2. The molecule has 0 bridgehead atoms. The molecule has 0 saturated heterocycles. The van der Waals surface area contributed by atoms with Crippen molar-refractivity contribution >= 4 is 29.4 Å². The highest BCUT2D eigenvalue weighted by molar-refractivity contribution is 6.31. The van der Waals surface area contributed by atoms with Crippen molar-refractivity contribution in [2.75, 3.05) is 0 Å². The summed E-state index contributed by atoms with van der Waals surface area (Å²) in [5, 5.41) is 15.0. The molecule has 0 N–H and O–H groups in total. The van der Waals surface area contributed by atoms with E-state index >= 15 is 0 Å². The van der Waals surface area contributed by atoms with E-state index in [4.69, 9.17) is 11.6 Å². The molecule has 7 heteroatoms. The van der Waals surface area contributed by atoms with Gasteiger partial charge in [-0.1, -0.05) is 11.6 Å². The van der Waals surface area contributed by atoms with Crippen molar-refractivity contribution in [2.45, 2.75) is 0 Å². The van der Waals surface area contributed by atoms with Crippen molar-refractivity contribution in [2.24, 2.45) is 7.05 Å². The quantitative estimate of drug-likeness (QED) is 0.631. The van der Waals surface area contributed by atoms with E-state index in [0.717, 1.165) is 5.69 Å². The lowest BCUT2D eigenvalue weighted by atomic mass is 10.3. The fourth-order valence-electron chi connectivity index (χ4n) is 1.38. The summed E-state index contributed by atoms with van der Waals surface area (Å²) in [4.78, 5) is 13.9. The Labute approximate surface area is 108 Å². The first-order chi connectivity index (χ1) is 8.58. The Morgan fingerprint density at radius 3 is 2.67 bits per heavy atom. The van der Waals surface area contributed by atoms with Gasteiger partial charge in [-0.3, -0.25) is 14.8 Å². The Morgan fingerprint density at radius 1 is 1.39 bits per heavy atom. The molecule has 18 heavy (non-hydrogen) atoms. The molecule has 2 heterocycles. The zero-order chi connectivity index (χ0) is 13.1. The molecule has 6 nitrogen and oxygen atoms in total. The lowest BCUT2D eigenvalue weighted by Crippen LogP contribution is -1.92. The first-order valence-electron chi connectivity index (χ1n) is 5.04. The van der Waals surface area contributed by atoms with E-state index < -0.39 is 4.92 Å². The zero-order valence-electron chi connectivity index (χ0n) is 9.45. The highest BCUT2D eigenvalue weighted by atomic mass is 35.5. The molecule has 0 atom stereocenters. The number of aryl methyl sites for hydroxylation is 1. The van der Waals surface area contributed by atoms with Gasteiger partial charge in [-0.05, 0) is 18.2 Å². The van der Waals surface area contributed by atoms with Crippen molar-refractivity contribution < 1.29 is 4.92 Å². The number of halogens is 1. The third-order valence-electron chi connectivity index (χ3n) is 2.33. The average Bonchev–Trinajstić information content (AvgIpc) is 2.67. The maximum atomic E-state index is 10.5. The van der Waals surface area contributed by atoms with Crippen LogP contribution in [0.25, 0.3) is 12.2 Å². The first kappa shape index (κ1) is 12.3. The molecule has 0 aliphatic heterocycles. The number of pyridine rings is 1. The van der Waals surface area contributed by atoms with Gasteiger partial charge < -0.3 is 0 Å². The van der Waals surface area contributed by atoms with Crippen LogP contribution in [0.5, 0.6) is 0 Å². The summed E-state index contributed by atoms with van der Waals surface area (Å²) in [6, 6.07) is 2.97. The predicted molar refractivity (Wildman–Crippen MR) is 68.0 cm³/mol. The van der Waals surface area contributed by atoms with E-state index in [9.17, 15) is 10.1 Å². The average molecular weight is 265 g/mol. The molecule has 2 rings (SSSR count). The van der Waals surface area contributed by atoms with E-state index in [1.807, 2.05) is 0 Å². The Bertz CT molecular complexity index is 585. The number of nitrogens with zero attached hydrogens (tertiary/aromatic N) is 4. The molecule has 0 unspecified atom stereocenters. The third kappa shape index (κ3) is 2.54. The summed E-state index contributed by atoms with van der Waals surface area (Å²) in [5.74, 6) is 0. The van der Waals surface area contributed by atoms with E-state index in [-0.39, 0.29) is 5.69 Å². The smallest absolute Gasteiger partial charge is 0.267 e. The van der Waals surface area contributed by atoms with Gasteiger partial charge in [0.2, 0.25) is 0 Å². The summed E-state index contributed by atoms with van der Waals surface area (Å²) in [6.07, 6.45) is 6.23. The van der Waals surface area contributed by atoms with Crippen LogP contribution >= 0.6 is 11.6 Å². The monoisotopic (exact) mass is 264 g/mol. The van der Waals surface area contributed by atoms with Crippen LogP contribution in [0.15, 0.2) is 24.5 Å². The second-order valence-electron chi connectivity index (χ2n) is 3.53. The molecule has 0 radical (unpaired) electrons. The number of rotatable bonds is 3. The van der Waals surface area contributed by atoms with E-state index in [1.54, 1.807) is 36.1 Å². The second kappa shape index (κ2) is 4.97. The molecule has 0 aliphatic rings. The van der Waals surface area contributed by atoms with Gasteiger partial charge in [-0.25, -0.2) is 4.98 Å². The molecule has 0 aromatic carbocycles. The molecule has 0 spiro atoms. The minimum Gasteiger partial charge on any atom is -0.267 e. The Hall–Kier alpha value is -2.21. The van der Waals surface area contributed by atoms with Gasteiger partial charge in [-0.2, -0.15) is 5.10 Å². The second-order valence-corrected chi connectivity index (χ2v) is 3.94. The minimum absolute atomic E-state index is 0.0364. The Kier molecular flexibility index (Phi) is 3.38. The molecule has 0 saturated carbocycles. The van der Waals surface area contributed by atoms with Crippen molar-refractivity contribution in [3.8, 4) is 0 Å². The standard InChI is InChI=1S/C11H9ClN4O2/c1-15-11(10(12)7-14-15)5-3-8-2-4-9(6-13-8)16(17)18/h2-7H,1H3. The third-order valence-corrected chi connectivity index (χ3v) is 2.62. The van der Waals surface area contributed by atoms with Gasteiger partial charge in [0.1, 0.15) is 6.20 Å². The largest absolute Gasteiger partial charge is 0.287 e. The van der Waals surface area contributed by atoms with Crippen LogP contribution in [0.3, 0.4) is 0 Å². The maximum Gasteiger partial charge on any atom is 0.287 e. The number of aromatic nitrogens is 3. The van der Waals surface area contributed by atoms with E-state index in [0.29, 0.717) is 10.7 Å². The highest BCUT2D eigenvalue weighted by Crippen LogP contribution is 2.17. The van der Waals surface area contributed by atoms with Gasteiger partial charge >= 0.3 is 0 Å². The Morgan fingerprint density at radius 2 is 2.17 bits per heavy atom. The van der Waals surface area contributed by atoms with Crippen LogP contribution in [-0.4, -0.2) is 19.7 Å². The van der Waals surface area contributed by atoms with Gasteiger partial charge in [0, 0.05) is 13.1 Å². The summed E-state index contributed by atoms with van der Waals surface area (Å²) >= 11 is 5.93. The first-order valence-corrected chi connectivity index (χ1v) is 5.42. The summed E-state index contributed by atoms with van der Waals surface area (Å²) in [6.45, 7) is 0. The lowest BCUT2D eigenvalue weighted by Gasteiger charge is -1.96. The van der Waals surface area contributed by atoms with Crippen molar-refractivity contribution in [1.29, 1.82) is 0 Å². The normalized spacial score (nSPS) is 11.0. The predicted octanol–water partition coefficient (Wildman–Crippen LogP) is 2.55. The SMILES string of the molecule is Cn1ncc(Cl)c1C=Cc1ccc([N+](=O)[O-])cn1. The summed E-state index contributed by atoms with van der Waals surface area (Å²) < 4.78 is 1.63. The topological polar surface area (TPSA) is 73.8 Å². The molecule has 0 fully saturated rings. The van der Waals surface area contributed by atoms with Crippen LogP contribution in [0.2, 0.25) is 5.02 Å². The molecule has 0 aliphatic carbocycles.